The van der Waals surface area contributed by atoms with Crippen LogP contribution in [0.4, 0.5) is 10.5 Å². The normalized spacial score (nSPS) is 18.3. The number of aryl methyl sites for hydroxylation is 2. The van der Waals surface area contributed by atoms with Gasteiger partial charge in [-0.2, -0.15) is 0 Å². The van der Waals surface area contributed by atoms with Crippen LogP contribution >= 0.6 is 0 Å². The molecule has 0 saturated carbocycles. The van der Waals surface area contributed by atoms with E-state index in [1.165, 1.54) is 4.90 Å². The summed E-state index contributed by atoms with van der Waals surface area (Å²) in [6.45, 7) is 4.88. The highest BCUT2D eigenvalue weighted by molar-refractivity contribution is 5.95. The quantitative estimate of drug-likeness (QED) is 0.916. The van der Waals surface area contributed by atoms with Gasteiger partial charge in [0.1, 0.15) is 6.61 Å². The minimum Gasteiger partial charge on any atom is -0.365 e. The standard InChI is InChI=1S/C16H23N3O3/c1-11-5-12(2)7-13(6-11)19-9-14(22-10-15(19)20)8-17-16(21)18(3)4/h5-7,14H,8-10H2,1-4H3,(H,17,21). The lowest BCUT2D eigenvalue weighted by Gasteiger charge is -2.33. The molecule has 6 heteroatoms. The molecule has 1 aromatic rings. The van der Waals surface area contributed by atoms with Gasteiger partial charge in [0.25, 0.3) is 5.91 Å². The number of hydrogen-bond acceptors (Lipinski definition) is 3. The number of nitrogens with zero attached hydrogens (tertiary/aromatic N) is 2. The van der Waals surface area contributed by atoms with Gasteiger partial charge in [0.05, 0.1) is 12.6 Å². The Hall–Kier alpha value is -2.08. The molecule has 1 N–H and O–H groups in total. The van der Waals surface area contributed by atoms with Crippen LogP contribution in [0.2, 0.25) is 0 Å². The van der Waals surface area contributed by atoms with Crippen molar-refractivity contribution in [3.05, 3.63) is 29.3 Å². The van der Waals surface area contributed by atoms with E-state index >= 15 is 0 Å². The molecule has 0 radical (unpaired) electrons. The summed E-state index contributed by atoms with van der Waals surface area (Å²) >= 11 is 0. The zero-order valence-electron chi connectivity index (χ0n) is 13.5. The first kappa shape index (κ1) is 16.3. The highest BCUT2D eigenvalue weighted by Crippen LogP contribution is 2.21. The first-order chi connectivity index (χ1) is 10.4. The number of carbonyl (C=O) groups excluding carboxylic acids is 2. The Morgan fingerprint density at radius 2 is 1.95 bits per heavy atom. The van der Waals surface area contributed by atoms with Gasteiger partial charge in [0, 0.05) is 26.3 Å². The third kappa shape index (κ3) is 3.98. The van der Waals surface area contributed by atoms with Crippen molar-refractivity contribution in [1.29, 1.82) is 0 Å². The lowest BCUT2D eigenvalue weighted by Crippen LogP contribution is -2.51. The van der Waals surface area contributed by atoms with Gasteiger partial charge in [-0.05, 0) is 37.1 Å². The molecular formula is C16H23N3O3. The number of rotatable bonds is 3. The van der Waals surface area contributed by atoms with Gasteiger partial charge >= 0.3 is 6.03 Å². The molecule has 22 heavy (non-hydrogen) atoms. The molecule has 1 atom stereocenters. The molecule has 1 fully saturated rings. The lowest BCUT2D eigenvalue weighted by atomic mass is 10.1. The first-order valence-corrected chi connectivity index (χ1v) is 7.32. The molecule has 120 valence electrons. The monoisotopic (exact) mass is 305 g/mol. The zero-order chi connectivity index (χ0) is 16.3. The Bertz CT molecular complexity index is 552. The number of amides is 3. The highest BCUT2D eigenvalue weighted by Gasteiger charge is 2.28. The summed E-state index contributed by atoms with van der Waals surface area (Å²) in [4.78, 5) is 26.9. The molecule has 1 saturated heterocycles. The Morgan fingerprint density at radius 1 is 1.32 bits per heavy atom. The van der Waals surface area contributed by atoms with E-state index in [1.54, 1.807) is 19.0 Å². The van der Waals surface area contributed by atoms with E-state index in [1.807, 2.05) is 26.0 Å². The van der Waals surface area contributed by atoms with Gasteiger partial charge in [-0.1, -0.05) is 6.07 Å². The Balaban J connectivity index is 2.05. The molecular weight excluding hydrogens is 282 g/mol. The van der Waals surface area contributed by atoms with Crippen molar-refractivity contribution in [3.8, 4) is 0 Å². The van der Waals surface area contributed by atoms with Crippen LogP contribution < -0.4 is 10.2 Å². The van der Waals surface area contributed by atoms with Crippen molar-refractivity contribution < 1.29 is 14.3 Å². The van der Waals surface area contributed by atoms with Gasteiger partial charge in [0.2, 0.25) is 0 Å². The van der Waals surface area contributed by atoms with Crippen molar-refractivity contribution in [2.75, 3.05) is 38.7 Å². The van der Waals surface area contributed by atoms with Crippen molar-refractivity contribution in [3.63, 3.8) is 0 Å². The number of urea groups is 1. The molecule has 1 unspecified atom stereocenters. The van der Waals surface area contributed by atoms with Crippen LogP contribution in [-0.4, -0.2) is 56.7 Å². The Labute approximate surface area is 131 Å². The predicted octanol–water partition coefficient (Wildman–Crippen LogP) is 1.31. The summed E-state index contributed by atoms with van der Waals surface area (Å²) < 4.78 is 5.51. The van der Waals surface area contributed by atoms with E-state index in [0.29, 0.717) is 13.1 Å². The van der Waals surface area contributed by atoms with E-state index in [-0.39, 0.29) is 24.6 Å². The lowest BCUT2D eigenvalue weighted by molar-refractivity contribution is -0.129. The number of benzene rings is 1. The van der Waals surface area contributed by atoms with E-state index in [9.17, 15) is 9.59 Å². The summed E-state index contributed by atoms with van der Waals surface area (Å²) in [7, 11) is 3.37. The maximum Gasteiger partial charge on any atom is 0.316 e. The molecule has 1 aliphatic rings. The van der Waals surface area contributed by atoms with Crippen LogP contribution in [0.25, 0.3) is 0 Å². The maximum absolute atomic E-state index is 12.1. The second-order valence-corrected chi connectivity index (χ2v) is 5.86. The van der Waals surface area contributed by atoms with Crippen molar-refractivity contribution in [2.45, 2.75) is 20.0 Å². The van der Waals surface area contributed by atoms with E-state index in [4.69, 9.17) is 4.74 Å². The molecule has 0 bridgehead atoms. The number of hydrogen-bond donors (Lipinski definition) is 1. The molecule has 6 nitrogen and oxygen atoms in total. The Kier molecular flexibility index (Phi) is 5.03. The highest BCUT2D eigenvalue weighted by atomic mass is 16.5. The van der Waals surface area contributed by atoms with Gasteiger partial charge in [-0.15, -0.1) is 0 Å². The van der Waals surface area contributed by atoms with Crippen molar-refractivity contribution in [2.24, 2.45) is 0 Å². The summed E-state index contributed by atoms with van der Waals surface area (Å²) in [5.74, 6) is -0.0554. The topological polar surface area (TPSA) is 61.9 Å². The fraction of sp³-hybridized carbons (Fsp3) is 0.500. The SMILES string of the molecule is Cc1cc(C)cc(N2CC(CNC(=O)N(C)C)OCC2=O)c1. The van der Waals surface area contributed by atoms with Crippen molar-refractivity contribution in [1.82, 2.24) is 10.2 Å². The van der Waals surface area contributed by atoms with Gasteiger partial charge in [-0.25, -0.2) is 4.79 Å². The molecule has 2 rings (SSSR count). The van der Waals surface area contributed by atoms with E-state index < -0.39 is 0 Å². The van der Waals surface area contributed by atoms with Gasteiger partial charge < -0.3 is 19.9 Å². The minimum atomic E-state index is -0.206. The number of anilines is 1. The number of morpholine rings is 1. The summed E-state index contributed by atoms with van der Waals surface area (Å²) in [6.07, 6.45) is -0.206. The fourth-order valence-electron chi connectivity index (χ4n) is 2.46. The largest absolute Gasteiger partial charge is 0.365 e. The average molecular weight is 305 g/mol. The zero-order valence-corrected chi connectivity index (χ0v) is 13.5. The second kappa shape index (κ2) is 6.79. The predicted molar refractivity (Wildman–Crippen MR) is 85.1 cm³/mol. The van der Waals surface area contributed by atoms with Gasteiger partial charge in [0.15, 0.2) is 0 Å². The molecule has 1 aromatic carbocycles. The number of nitrogens with one attached hydrogen (secondary N) is 1. The van der Waals surface area contributed by atoms with Crippen LogP contribution in [0.5, 0.6) is 0 Å². The summed E-state index contributed by atoms with van der Waals surface area (Å²) in [5, 5.41) is 2.79. The smallest absolute Gasteiger partial charge is 0.316 e. The molecule has 0 spiro atoms. The second-order valence-electron chi connectivity index (χ2n) is 5.86. The van der Waals surface area contributed by atoms with Crippen LogP contribution in [0, 0.1) is 13.8 Å². The minimum absolute atomic E-state index is 0.0372. The van der Waals surface area contributed by atoms with Gasteiger partial charge in [-0.3, -0.25) is 4.79 Å². The Morgan fingerprint density at radius 3 is 2.55 bits per heavy atom. The van der Waals surface area contributed by atoms with Crippen LogP contribution in [0.3, 0.4) is 0 Å². The van der Waals surface area contributed by atoms with Crippen LogP contribution in [0.1, 0.15) is 11.1 Å². The number of ether oxygens (including phenoxy) is 1. The third-order valence-corrected chi connectivity index (χ3v) is 3.54. The molecule has 1 aliphatic heterocycles. The van der Waals surface area contributed by atoms with Crippen molar-refractivity contribution >= 4 is 17.6 Å². The van der Waals surface area contributed by atoms with E-state index in [0.717, 1.165) is 16.8 Å². The number of carbonyl (C=O) groups is 2. The van der Waals surface area contributed by atoms with Crippen LogP contribution in [-0.2, 0) is 9.53 Å². The van der Waals surface area contributed by atoms with Crippen LogP contribution in [0.15, 0.2) is 18.2 Å². The molecule has 1 heterocycles. The fourth-order valence-corrected chi connectivity index (χ4v) is 2.46. The third-order valence-electron chi connectivity index (χ3n) is 3.54. The summed E-state index contributed by atoms with van der Waals surface area (Å²) in [6, 6.07) is 5.89. The molecule has 0 aliphatic carbocycles. The molecule has 3 amide bonds. The molecule has 0 aromatic heterocycles. The summed E-state index contributed by atoms with van der Waals surface area (Å²) in [5.41, 5.74) is 3.12. The maximum atomic E-state index is 12.1. The first-order valence-electron chi connectivity index (χ1n) is 7.32. The van der Waals surface area contributed by atoms with E-state index in [2.05, 4.69) is 11.4 Å². The average Bonchev–Trinajstić information content (AvgIpc) is 2.44.